The third-order valence-corrected chi connectivity index (χ3v) is 3.65. The van der Waals surface area contributed by atoms with Crippen LogP contribution in [0.25, 0.3) is 0 Å². The van der Waals surface area contributed by atoms with Crippen molar-refractivity contribution in [2.75, 3.05) is 18.5 Å². The van der Waals surface area contributed by atoms with Crippen LogP contribution >= 0.6 is 11.6 Å². The first-order chi connectivity index (χ1) is 12.1. The zero-order valence-electron chi connectivity index (χ0n) is 13.9. The highest BCUT2D eigenvalue weighted by atomic mass is 35.5. The molecule has 0 aliphatic heterocycles. The van der Waals surface area contributed by atoms with Crippen LogP contribution in [-0.4, -0.2) is 35.0 Å². The Bertz CT molecular complexity index is 692. The van der Waals surface area contributed by atoms with E-state index in [2.05, 4.69) is 10.3 Å². The Kier molecular flexibility index (Phi) is 7.22. The predicted molar refractivity (Wildman–Crippen MR) is 96.4 cm³/mol. The molecular weight excluding hydrogens is 342 g/mol. The monoisotopic (exact) mass is 361 g/mol. The number of hydrogen-bond donors (Lipinski definition) is 1. The van der Waals surface area contributed by atoms with Crippen LogP contribution in [-0.2, 0) is 16.1 Å². The largest absolute Gasteiger partial charge is 0.466 e. The van der Waals surface area contributed by atoms with Crippen LogP contribution in [0.4, 0.5) is 10.5 Å². The molecule has 1 N–H and O–H groups in total. The molecule has 1 aromatic heterocycles. The van der Waals surface area contributed by atoms with Gasteiger partial charge in [0.25, 0.3) is 0 Å². The summed E-state index contributed by atoms with van der Waals surface area (Å²) in [5.41, 5.74) is 1.55. The fourth-order valence-electron chi connectivity index (χ4n) is 2.16. The number of halogens is 1. The van der Waals surface area contributed by atoms with Crippen LogP contribution in [0.3, 0.4) is 0 Å². The van der Waals surface area contributed by atoms with Gasteiger partial charge in [0, 0.05) is 36.2 Å². The maximum Gasteiger partial charge on any atom is 0.322 e. The summed E-state index contributed by atoms with van der Waals surface area (Å²) in [6, 6.07) is 10.2. The molecule has 2 rings (SSSR count). The molecule has 0 fully saturated rings. The van der Waals surface area contributed by atoms with Gasteiger partial charge in [-0.1, -0.05) is 11.6 Å². The van der Waals surface area contributed by atoms with Crippen molar-refractivity contribution in [1.29, 1.82) is 0 Å². The molecule has 2 amide bonds. The van der Waals surface area contributed by atoms with Crippen LogP contribution in [0.5, 0.6) is 0 Å². The molecule has 1 aromatic carbocycles. The number of carbonyl (C=O) groups is 2. The second kappa shape index (κ2) is 9.64. The second-order valence-electron chi connectivity index (χ2n) is 5.27. The van der Waals surface area contributed by atoms with E-state index >= 15 is 0 Å². The van der Waals surface area contributed by atoms with E-state index in [4.69, 9.17) is 16.3 Å². The number of carbonyl (C=O) groups excluding carboxylic acids is 2. The highest BCUT2D eigenvalue weighted by molar-refractivity contribution is 6.30. The second-order valence-corrected chi connectivity index (χ2v) is 5.71. The molecule has 1 heterocycles. The molecule has 0 saturated heterocycles. The zero-order chi connectivity index (χ0) is 18.1. The first-order valence-electron chi connectivity index (χ1n) is 7.94. The summed E-state index contributed by atoms with van der Waals surface area (Å²) in [5, 5.41) is 3.40. The number of rotatable bonds is 7. The van der Waals surface area contributed by atoms with Gasteiger partial charge in [-0.15, -0.1) is 0 Å². The van der Waals surface area contributed by atoms with Crippen molar-refractivity contribution in [1.82, 2.24) is 9.88 Å². The Morgan fingerprint density at radius 2 is 1.84 bits per heavy atom. The number of anilines is 1. The molecule has 0 radical (unpaired) electrons. The van der Waals surface area contributed by atoms with Gasteiger partial charge in [-0.3, -0.25) is 9.78 Å². The number of ether oxygens (including phenoxy) is 1. The minimum Gasteiger partial charge on any atom is -0.466 e. The maximum absolute atomic E-state index is 12.6. The van der Waals surface area contributed by atoms with Gasteiger partial charge >= 0.3 is 12.0 Å². The topological polar surface area (TPSA) is 71.5 Å². The Hall–Kier alpha value is -2.60. The van der Waals surface area contributed by atoms with Crippen LogP contribution in [0.1, 0.15) is 18.9 Å². The Morgan fingerprint density at radius 3 is 2.48 bits per heavy atom. The predicted octanol–water partition coefficient (Wildman–Crippen LogP) is 3.72. The summed E-state index contributed by atoms with van der Waals surface area (Å²) in [4.78, 5) is 29.7. The van der Waals surface area contributed by atoms with Crippen molar-refractivity contribution in [2.45, 2.75) is 19.9 Å². The number of nitrogens with zero attached hydrogens (tertiary/aromatic N) is 2. The first-order valence-corrected chi connectivity index (χ1v) is 8.32. The summed E-state index contributed by atoms with van der Waals surface area (Å²) < 4.78 is 4.93. The van der Waals surface area contributed by atoms with Crippen LogP contribution in [0, 0.1) is 0 Å². The first kappa shape index (κ1) is 18.7. The summed E-state index contributed by atoms with van der Waals surface area (Å²) >= 11 is 5.85. The summed E-state index contributed by atoms with van der Waals surface area (Å²) in [6.07, 6.45) is 3.46. The minimum atomic E-state index is -0.332. The number of hydrogen-bond acceptors (Lipinski definition) is 4. The number of aromatic nitrogens is 1. The molecule has 0 bridgehead atoms. The summed E-state index contributed by atoms with van der Waals surface area (Å²) in [5.74, 6) is -0.332. The Labute approximate surface area is 151 Å². The van der Waals surface area contributed by atoms with E-state index in [9.17, 15) is 9.59 Å². The normalized spacial score (nSPS) is 10.2. The molecule has 132 valence electrons. The lowest BCUT2D eigenvalue weighted by Gasteiger charge is -2.23. The Balaban J connectivity index is 2.04. The van der Waals surface area contributed by atoms with E-state index in [1.54, 1.807) is 48.5 Å². The highest BCUT2D eigenvalue weighted by Gasteiger charge is 2.16. The number of pyridine rings is 1. The smallest absolute Gasteiger partial charge is 0.322 e. The molecule has 0 spiro atoms. The van der Waals surface area contributed by atoms with Gasteiger partial charge in [-0.05, 0) is 48.9 Å². The van der Waals surface area contributed by atoms with Gasteiger partial charge in [-0.25, -0.2) is 4.79 Å². The molecule has 25 heavy (non-hydrogen) atoms. The molecule has 2 aromatic rings. The molecule has 0 aliphatic carbocycles. The SMILES string of the molecule is CCOC(=O)CCN(Cc1ccncc1)C(=O)Nc1ccc(Cl)cc1. The number of nitrogens with one attached hydrogen (secondary N) is 1. The third-order valence-electron chi connectivity index (χ3n) is 3.40. The molecule has 7 heteroatoms. The number of amides is 2. The summed E-state index contributed by atoms with van der Waals surface area (Å²) in [6.45, 7) is 2.68. The third kappa shape index (κ3) is 6.43. The average molecular weight is 362 g/mol. The lowest BCUT2D eigenvalue weighted by Crippen LogP contribution is -2.36. The van der Waals surface area contributed by atoms with Gasteiger partial charge in [0.1, 0.15) is 0 Å². The van der Waals surface area contributed by atoms with Crippen LogP contribution in [0.2, 0.25) is 5.02 Å². The van der Waals surface area contributed by atoms with Gasteiger partial charge < -0.3 is 15.0 Å². The minimum absolute atomic E-state index is 0.132. The van der Waals surface area contributed by atoms with Crippen molar-refractivity contribution < 1.29 is 14.3 Å². The van der Waals surface area contributed by atoms with E-state index in [-0.39, 0.29) is 25.0 Å². The lowest BCUT2D eigenvalue weighted by molar-refractivity contribution is -0.143. The lowest BCUT2D eigenvalue weighted by atomic mass is 10.2. The van der Waals surface area contributed by atoms with Crippen molar-refractivity contribution in [3.8, 4) is 0 Å². The van der Waals surface area contributed by atoms with E-state index in [1.807, 2.05) is 12.1 Å². The maximum atomic E-state index is 12.6. The van der Waals surface area contributed by atoms with Crippen LogP contribution < -0.4 is 5.32 Å². The van der Waals surface area contributed by atoms with E-state index in [0.29, 0.717) is 23.9 Å². The standard InChI is InChI=1S/C18H20ClN3O3/c1-2-25-17(23)9-12-22(13-14-7-10-20-11-8-14)18(24)21-16-5-3-15(19)4-6-16/h3-8,10-11H,2,9,12-13H2,1H3,(H,21,24). The van der Waals surface area contributed by atoms with Gasteiger partial charge in [0.2, 0.25) is 0 Å². The van der Waals surface area contributed by atoms with E-state index in [1.165, 1.54) is 0 Å². The molecule has 0 unspecified atom stereocenters. The molecular formula is C18H20ClN3O3. The van der Waals surface area contributed by atoms with Crippen molar-refractivity contribution >= 4 is 29.3 Å². The van der Waals surface area contributed by atoms with Crippen LogP contribution in [0.15, 0.2) is 48.8 Å². The summed E-state index contributed by atoms with van der Waals surface area (Å²) in [7, 11) is 0. The highest BCUT2D eigenvalue weighted by Crippen LogP contribution is 2.15. The number of urea groups is 1. The average Bonchev–Trinajstić information content (AvgIpc) is 2.61. The quantitative estimate of drug-likeness (QED) is 0.763. The van der Waals surface area contributed by atoms with Crippen molar-refractivity contribution in [3.63, 3.8) is 0 Å². The van der Waals surface area contributed by atoms with E-state index < -0.39 is 0 Å². The molecule has 0 atom stereocenters. The number of esters is 1. The molecule has 0 saturated carbocycles. The fourth-order valence-corrected chi connectivity index (χ4v) is 2.28. The molecule has 6 nitrogen and oxygen atoms in total. The van der Waals surface area contributed by atoms with Crippen molar-refractivity contribution in [3.05, 3.63) is 59.4 Å². The van der Waals surface area contributed by atoms with Crippen molar-refractivity contribution in [2.24, 2.45) is 0 Å². The fraction of sp³-hybridized carbons (Fsp3) is 0.278. The van der Waals surface area contributed by atoms with Gasteiger partial charge in [0.05, 0.1) is 13.0 Å². The zero-order valence-corrected chi connectivity index (χ0v) is 14.7. The van der Waals surface area contributed by atoms with Gasteiger partial charge in [0.15, 0.2) is 0 Å². The molecule has 0 aliphatic rings. The number of benzene rings is 1. The van der Waals surface area contributed by atoms with E-state index in [0.717, 1.165) is 5.56 Å². The van der Waals surface area contributed by atoms with Gasteiger partial charge in [-0.2, -0.15) is 0 Å². The Morgan fingerprint density at radius 1 is 1.16 bits per heavy atom.